The average Bonchev–Trinajstić information content (AvgIpc) is 3.09. The second kappa shape index (κ2) is 8.78. The summed E-state index contributed by atoms with van der Waals surface area (Å²) < 4.78 is 55.7. The van der Waals surface area contributed by atoms with Gasteiger partial charge in [0.1, 0.15) is 5.82 Å². The molecular weight excluding hydrogens is 444 g/mol. The molecule has 0 aliphatic carbocycles. The number of carbonyl (C=O) groups excluding carboxylic acids is 1. The molecule has 3 aromatic rings. The van der Waals surface area contributed by atoms with Crippen LogP contribution in [0.1, 0.15) is 15.9 Å². The van der Waals surface area contributed by atoms with Crippen LogP contribution in [0.4, 0.5) is 35.1 Å². The van der Waals surface area contributed by atoms with E-state index in [4.69, 9.17) is 22.4 Å². The van der Waals surface area contributed by atoms with Crippen LogP contribution >= 0.6 is 11.6 Å². The van der Waals surface area contributed by atoms with Crippen LogP contribution in [-0.4, -0.2) is 39.3 Å². The molecule has 8 nitrogen and oxygen atoms in total. The third-order valence-electron chi connectivity index (χ3n) is 4.05. The number of amides is 1. The van der Waals surface area contributed by atoms with Crippen molar-refractivity contribution in [1.82, 2.24) is 20.5 Å². The van der Waals surface area contributed by atoms with E-state index in [0.717, 1.165) is 24.3 Å². The number of nitrogens with one attached hydrogen (secondary N) is 3. The molecule has 0 aliphatic rings. The molecule has 0 saturated carbocycles. The summed E-state index contributed by atoms with van der Waals surface area (Å²) in [6.45, 7) is -0.453. The van der Waals surface area contributed by atoms with Gasteiger partial charge in [-0.2, -0.15) is 18.2 Å². The monoisotopic (exact) mass is 458 g/mol. The number of nitrogens with zero attached hydrogens (tertiary/aromatic N) is 2. The number of H-pyrrole nitrogens is 1. The first-order valence-electron chi connectivity index (χ1n) is 8.64. The normalized spacial score (nSPS) is 11.4. The van der Waals surface area contributed by atoms with Gasteiger partial charge in [-0.15, -0.1) is 5.10 Å². The number of halogens is 5. The fourth-order valence-corrected chi connectivity index (χ4v) is 3.10. The Hall–Kier alpha value is -3.38. The quantitative estimate of drug-likeness (QED) is 0.360. The van der Waals surface area contributed by atoms with Crippen molar-refractivity contribution in [2.45, 2.75) is 6.18 Å². The SMILES string of the molecule is Nc1nc(Nc2cc(Cl)c(-c3ccc(C(=O)NCCO)c(F)c3)c(C(F)(F)F)c2)n[nH]1. The van der Waals surface area contributed by atoms with Gasteiger partial charge in [-0.05, 0) is 29.8 Å². The van der Waals surface area contributed by atoms with Crippen molar-refractivity contribution in [3.8, 4) is 11.1 Å². The number of aliphatic hydroxyl groups excluding tert-OH is 1. The van der Waals surface area contributed by atoms with Crippen molar-refractivity contribution in [2.24, 2.45) is 0 Å². The zero-order chi connectivity index (χ0) is 22.8. The Morgan fingerprint density at radius 2 is 2.00 bits per heavy atom. The maximum absolute atomic E-state index is 14.5. The highest BCUT2D eigenvalue weighted by atomic mass is 35.5. The van der Waals surface area contributed by atoms with Gasteiger partial charge < -0.3 is 21.5 Å². The Kier molecular flexibility index (Phi) is 6.32. The number of nitrogen functional groups attached to an aromatic ring is 1. The summed E-state index contributed by atoms with van der Waals surface area (Å²) in [5.74, 6) is -1.97. The minimum Gasteiger partial charge on any atom is -0.395 e. The summed E-state index contributed by atoms with van der Waals surface area (Å²) in [5, 5.41) is 19.2. The third kappa shape index (κ3) is 5.03. The molecule has 0 saturated heterocycles. The Morgan fingerprint density at radius 3 is 2.58 bits per heavy atom. The molecule has 6 N–H and O–H groups in total. The van der Waals surface area contributed by atoms with Gasteiger partial charge >= 0.3 is 6.18 Å². The van der Waals surface area contributed by atoms with Gasteiger partial charge in [-0.1, -0.05) is 17.7 Å². The van der Waals surface area contributed by atoms with Gasteiger partial charge in [0, 0.05) is 17.8 Å². The van der Waals surface area contributed by atoms with E-state index < -0.39 is 29.0 Å². The van der Waals surface area contributed by atoms with Crippen LogP contribution in [0, 0.1) is 5.82 Å². The van der Waals surface area contributed by atoms with Crippen LogP contribution in [0.5, 0.6) is 0 Å². The molecule has 0 aliphatic heterocycles. The van der Waals surface area contributed by atoms with Gasteiger partial charge in [0.2, 0.25) is 11.9 Å². The predicted octanol–water partition coefficient (Wildman–Crippen LogP) is 3.33. The maximum Gasteiger partial charge on any atom is 0.417 e. The summed E-state index contributed by atoms with van der Waals surface area (Å²) in [5.41, 5.74) is 3.15. The lowest BCUT2D eigenvalue weighted by molar-refractivity contribution is -0.137. The smallest absolute Gasteiger partial charge is 0.395 e. The predicted molar refractivity (Wildman–Crippen MR) is 105 cm³/mol. The molecule has 31 heavy (non-hydrogen) atoms. The van der Waals surface area contributed by atoms with Crippen LogP contribution in [0.15, 0.2) is 30.3 Å². The maximum atomic E-state index is 14.5. The van der Waals surface area contributed by atoms with E-state index in [9.17, 15) is 22.4 Å². The van der Waals surface area contributed by atoms with Crippen LogP contribution in [0.3, 0.4) is 0 Å². The number of hydrogen-bond donors (Lipinski definition) is 5. The van der Waals surface area contributed by atoms with Crippen LogP contribution in [-0.2, 0) is 6.18 Å². The number of aliphatic hydroxyl groups is 1. The van der Waals surface area contributed by atoms with Gasteiger partial charge in [0.25, 0.3) is 5.91 Å². The minimum atomic E-state index is -4.83. The lowest BCUT2D eigenvalue weighted by Gasteiger charge is -2.17. The first-order valence-corrected chi connectivity index (χ1v) is 9.02. The van der Waals surface area contributed by atoms with E-state index in [0.29, 0.717) is 0 Å². The van der Waals surface area contributed by atoms with Crippen molar-refractivity contribution >= 4 is 35.1 Å². The van der Waals surface area contributed by atoms with E-state index in [2.05, 4.69) is 25.8 Å². The number of aromatic nitrogens is 3. The summed E-state index contributed by atoms with van der Waals surface area (Å²) >= 11 is 6.13. The molecule has 0 radical (unpaired) electrons. The highest BCUT2D eigenvalue weighted by Gasteiger charge is 2.35. The molecule has 0 atom stereocenters. The Morgan fingerprint density at radius 1 is 1.26 bits per heavy atom. The van der Waals surface area contributed by atoms with E-state index in [1.165, 1.54) is 6.07 Å². The fourth-order valence-electron chi connectivity index (χ4n) is 2.77. The van der Waals surface area contributed by atoms with Crippen molar-refractivity contribution in [1.29, 1.82) is 0 Å². The molecule has 0 bridgehead atoms. The molecular formula is C18H15ClF4N6O2. The van der Waals surface area contributed by atoms with E-state index >= 15 is 0 Å². The largest absolute Gasteiger partial charge is 0.417 e. The van der Waals surface area contributed by atoms with Crippen molar-refractivity contribution in [3.05, 3.63) is 52.3 Å². The van der Waals surface area contributed by atoms with Crippen LogP contribution in [0.2, 0.25) is 5.02 Å². The van der Waals surface area contributed by atoms with E-state index in [1.807, 2.05) is 0 Å². The second-order valence-corrected chi connectivity index (χ2v) is 6.63. The number of alkyl halides is 3. The molecule has 0 unspecified atom stereocenters. The molecule has 164 valence electrons. The summed E-state index contributed by atoms with van der Waals surface area (Å²) in [6, 6.07) is 4.94. The zero-order valence-corrected chi connectivity index (χ0v) is 16.3. The Labute approximate surface area is 177 Å². The number of carbonyl (C=O) groups is 1. The van der Waals surface area contributed by atoms with Gasteiger partial charge in [0.15, 0.2) is 0 Å². The number of rotatable bonds is 6. The van der Waals surface area contributed by atoms with E-state index in [-0.39, 0.29) is 46.9 Å². The molecule has 1 aromatic heterocycles. The number of aromatic amines is 1. The molecule has 0 spiro atoms. The number of hydrogen-bond acceptors (Lipinski definition) is 6. The van der Waals surface area contributed by atoms with E-state index in [1.54, 1.807) is 0 Å². The fraction of sp³-hybridized carbons (Fsp3) is 0.167. The molecule has 1 heterocycles. The van der Waals surface area contributed by atoms with Crippen molar-refractivity contribution in [3.63, 3.8) is 0 Å². The molecule has 13 heteroatoms. The number of anilines is 3. The summed E-state index contributed by atoms with van der Waals surface area (Å²) in [4.78, 5) is 15.6. The molecule has 3 rings (SSSR count). The zero-order valence-electron chi connectivity index (χ0n) is 15.5. The lowest BCUT2D eigenvalue weighted by atomic mass is 9.97. The summed E-state index contributed by atoms with van der Waals surface area (Å²) in [6.07, 6.45) is -4.83. The third-order valence-corrected chi connectivity index (χ3v) is 4.35. The molecule has 1 amide bonds. The highest BCUT2D eigenvalue weighted by Crippen LogP contribution is 2.43. The minimum absolute atomic E-state index is 0.0418. The number of benzene rings is 2. The average molecular weight is 459 g/mol. The van der Waals surface area contributed by atoms with Gasteiger partial charge in [-0.3, -0.25) is 4.79 Å². The lowest BCUT2D eigenvalue weighted by Crippen LogP contribution is -2.27. The highest BCUT2D eigenvalue weighted by molar-refractivity contribution is 6.34. The first-order chi connectivity index (χ1) is 14.6. The van der Waals surface area contributed by atoms with Gasteiger partial charge in [-0.25, -0.2) is 9.49 Å². The topological polar surface area (TPSA) is 129 Å². The summed E-state index contributed by atoms with van der Waals surface area (Å²) in [7, 11) is 0. The first kappa shape index (κ1) is 22.3. The van der Waals surface area contributed by atoms with Crippen molar-refractivity contribution in [2.75, 3.05) is 24.2 Å². The molecule has 2 aromatic carbocycles. The Bertz CT molecular complexity index is 1120. The Balaban J connectivity index is 2.04. The van der Waals surface area contributed by atoms with Crippen molar-refractivity contribution < 1.29 is 27.5 Å². The van der Waals surface area contributed by atoms with Crippen LogP contribution in [0.25, 0.3) is 11.1 Å². The second-order valence-electron chi connectivity index (χ2n) is 6.22. The van der Waals surface area contributed by atoms with Crippen LogP contribution < -0.4 is 16.4 Å². The number of nitrogens with two attached hydrogens (primary N) is 1. The van der Waals surface area contributed by atoms with Gasteiger partial charge in [0.05, 0.1) is 22.8 Å². The molecule has 0 fully saturated rings. The standard InChI is InChI=1S/C18H15ClF4N6O2/c19-12-7-9(26-17-27-16(24)28-29-17)6-11(18(21,22)23)14(12)8-1-2-10(13(20)5-8)15(31)25-3-4-30/h1-2,5-7,30H,3-4H2,(H,25,31)(H4,24,26,27,28,29).